The molecule has 0 saturated carbocycles. The highest BCUT2D eigenvalue weighted by Gasteiger charge is 2.26. The summed E-state index contributed by atoms with van der Waals surface area (Å²) < 4.78 is 0. The van der Waals surface area contributed by atoms with Gasteiger partial charge in [-0.05, 0) is 29.1 Å². The van der Waals surface area contributed by atoms with Crippen molar-refractivity contribution in [1.29, 1.82) is 0 Å². The maximum absolute atomic E-state index is 13.3. The topological polar surface area (TPSA) is 43.9 Å². The number of carbonyl (C=O) groups excluding carboxylic acids is 2. The molecule has 2 amide bonds. The minimum Gasteiger partial charge on any atom is -0.336 e. The zero-order chi connectivity index (χ0) is 20.9. The summed E-state index contributed by atoms with van der Waals surface area (Å²) in [4.78, 5) is 32.6. The zero-order valence-electron chi connectivity index (χ0n) is 17.0. The van der Waals surface area contributed by atoms with Gasteiger partial charge in [-0.1, -0.05) is 48.5 Å². The highest BCUT2D eigenvalue weighted by atomic mass is 32.1. The second-order valence-electron chi connectivity index (χ2n) is 7.41. The number of carbonyl (C=O) groups is 2. The molecule has 0 N–H and O–H groups in total. The van der Waals surface area contributed by atoms with E-state index in [4.69, 9.17) is 0 Å². The lowest BCUT2D eigenvalue weighted by Crippen LogP contribution is -2.48. The molecule has 3 aromatic rings. The van der Waals surface area contributed by atoms with Gasteiger partial charge < -0.3 is 9.80 Å². The van der Waals surface area contributed by atoms with Gasteiger partial charge in [0.2, 0.25) is 0 Å². The van der Waals surface area contributed by atoms with Crippen LogP contribution in [-0.2, 0) is 6.54 Å². The minimum absolute atomic E-state index is 0.0178. The van der Waals surface area contributed by atoms with Gasteiger partial charge in [0.1, 0.15) is 0 Å². The fourth-order valence-corrected chi connectivity index (χ4v) is 4.44. The van der Waals surface area contributed by atoms with E-state index >= 15 is 0 Å². The normalized spacial score (nSPS) is 14.5. The second kappa shape index (κ2) is 9.24. The third-order valence-electron chi connectivity index (χ3n) is 5.44. The molecule has 6 heteroatoms. The number of anilines is 1. The number of thiophene rings is 1. The Kier molecular flexibility index (Phi) is 6.26. The summed E-state index contributed by atoms with van der Waals surface area (Å²) >= 11 is 1.41. The van der Waals surface area contributed by atoms with Gasteiger partial charge in [-0.3, -0.25) is 14.5 Å². The Morgan fingerprint density at radius 2 is 1.60 bits per heavy atom. The van der Waals surface area contributed by atoms with Crippen LogP contribution in [0.5, 0.6) is 0 Å². The fourth-order valence-electron chi connectivity index (χ4n) is 3.74. The second-order valence-corrected chi connectivity index (χ2v) is 8.36. The summed E-state index contributed by atoms with van der Waals surface area (Å²) in [6.45, 7) is 3.95. The SMILES string of the molecule is CN(C(=O)c1cccs1)c1ccccc1C(=O)N1CCN(Cc2ccccc2)CC1. The van der Waals surface area contributed by atoms with Crippen LogP contribution in [0.3, 0.4) is 0 Å². The van der Waals surface area contributed by atoms with E-state index < -0.39 is 0 Å². The highest BCUT2D eigenvalue weighted by molar-refractivity contribution is 7.12. The van der Waals surface area contributed by atoms with Gasteiger partial charge >= 0.3 is 0 Å². The van der Waals surface area contributed by atoms with Crippen molar-refractivity contribution < 1.29 is 9.59 Å². The van der Waals surface area contributed by atoms with Crippen molar-refractivity contribution >= 4 is 28.8 Å². The van der Waals surface area contributed by atoms with Crippen LogP contribution in [0.2, 0.25) is 0 Å². The Morgan fingerprint density at radius 1 is 0.900 bits per heavy atom. The van der Waals surface area contributed by atoms with E-state index in [0.717, 1.165) is 19.6 Å². The molecule has 2 heterocycles. The van der Waals surface area contributed by atoms with E-state index in [9.17, 15) is 9.59 Å². The van der Waals surface area contributed by atoms with Gasteiger partial charge in [-0.2, -0.15) is 0 Å². The van der Waals surface area contributed by atoms with Crippen molar-refractivity contribution in [2.45, 2.75) is 6.54 Å². The molecule has 0 atom stereocenters. The van der Waals surface area contributed by atoms with Crippen LogP contribution in [0.1, 0.15) is 25.6 Å². The van der Waals surface area contributed by atoms with Gasteiger partial charge in [0.05, 0.1) is 16.1 Å². The third-order valence-corrected chi connectivity index (χ3v) is 6.30. The minimum atomic E-state index is -0.0991. The molecule has 2 aromatic carbocycles. The quantitative estimate of drug-likeness (QED) is 0.628. The summed E-state index contributed by atoms with van der Waals surface area (Å²) in [7, 11) is 1.73. The number of amides is 2. The largest absolute Gasteiger partial charge is 0.336 e. The maximum Gasteiger partial charge on any atom is 0.268 e. The number of rotatable bonds is 5. The molecule has 1 fully saturated rings. The average molecular weight is 420 g/mol. The first kappa shape index (κ1) is 20.3. The molecule has 1 aromatic heterocycles. The molecule has 0 spiro atoms. The van der Waals surface area contributed by atoms with Crippen molar-refractivity contribution in [2.24, 2.45) is 0 Å². The van der Waals surface area contributed by atoms with Crippen LogP contribution in [0.4, 0.5) is 5.69 Å². The summed E-state index contributed by atoms with van der Waals surface area (Å²) in [5, 5.41) is 1.88. The Hall–Kier alpha value is -2.96. The lowest BCUT2D eigenvalue weighted by Gasteiger charge is -2.35. The van der Waals surface area contributed by atoms with Gasteiger partial charge in [-0.25, -0.2) is 0 Å². The number of benzene rings is 2. The summed E-state index contributed by atoms with van der Waals surface area (Å²) in [5.74, 6) is -0.117. The zero-order valence-corrected chi connectivity index (χ0v) is 17.8. The molecular formula is C24H25N3O2S. The van der Waals surface area contributed by atoms with Crippen molar-refractivity contribution in [1.82, 2.24) is 9.80 Å². The molecule has 4 rings (SSSR count). The maximum atomic E-state index is 13.3. The van der Waals surface area contributed by atoms with Crippen LogP contribution in [0.25, 0.3) is 0 Å². The molecule has 154 valence electrons. The monoisotopic (exact) mass is 419 g/mol. The molecule has 5 nitrogen and oxygen atoms in total. The van der Waals surface area contributed by atoms with E-state index in [2.05, 4.69) is 29.2 Å². The number of hydrogen-bond acceptors (Lipinski definition) is 4. The fraction of sp³-hybridized carbons (Fsp3) is 0.250. The molecule has 0 aliphatic carbocycles. The lowest BCUT2D eigenvalue weighted by atomic mass is 10.1. The molecule has 0 bridgehead atoms. The van der Waals surface area contributed by atoms with Crippen LogP contribution in [0, 0.1) is 0 Å². The summed E-state index contributed by atoms with van der Waals surface area (Å²) in [6.07, 6.45) is 0. The third kappa shape index (κ3) is 4.45. The summed E-state index contributed by atoms with van der Waals surface area (Å²) in [5.41, 5.74) is 2.50. The standard InChI is InChI=1S/C24H25N3O2S/c1-25(24(29)22-12-7-17-30-22)21-11-6-5-10-20(21)23(28)27-15-13-26(14-16-27)18-19-8-3-2-4-9-19/h2-12,17H,13-16,18H2,1H3. The van der Waals surface area contributed by atoms with Crippen LogP contribution < -0.4 is 4.90 Å². The average Bonchev–Trinajstić information content (AvgIpc) is 3.34. The predicted molar refractivity (Wildman–Crippen MR) is 121 cm³/mol. The number of hydrogen-bond donors (Lipinski definition) is 0. The molecule has 1 aliphatic rings. The summed E-state index contributed by atoms with van der Waals surface area (Å²) in [6, 6.07) is 21.4. The molecular weight excluding hydrogens is 394 g/mol. The van der Waals surface area contributed by atoms with Crippen molar-refractivity contribution in [3.8, 4) is 0 Å². The highest BCUT2D eigenvalue weighted by Crippen LogP contribution is 2.24. The molecule has 1 aliphatic heterocycles. The van der Waals surface area contributed by atoms with Crippen molar-refractivity contribution in [3.63, 3.8) is 0 Å². The molecule has 30 heavy (non-hydrogen) atoms. The smallest absolute Gasteiger partial charge is 0.268 e. The first-order chi connectivity index (χ1) is 14.6. The first-order valence-corrected chi connectivity index (χ1v) is 11.0. The van der Waals surface area contributed by atoms with E-state index in [1.54, 1.807) is 18.0 Å². The Morgan fingerprint density at radius 3 is 2.30 bits per heavy atom. The Bertz CT molecular complexity index is 996. The molecule has 0 radical (unpaired) electrons. The lowest BCUT2D eigenvalue weighted by molar-refractivity contribution is 0.0629. The predicted octanol–water partition coefficient (Wildman–Crippen LogP) is 3.98. The van der Waals surface area contributed by atoms with Gasteiger partial charge in [-0.15, -0.1) is 11.3 Å². The van der Waals surface area contributed by atoms with E-state index in [1.807, 2.05) is 46.7 Å². The van der Waals surface area contributed by atoms with E-state index in [1.165, 1.54) is 16.9 Å². The van der Waals surface area contributed by atoms with Crippen molar-refractivity contribution in [2.75, 3.05) is 38.1 Å². The molecule has 0 unspecified atom stereocenters. The number of piperazine rings is 1. The van der Waals surface area contributed by atoms with Crippen molar-refractivity contribution in [3.05, 3.63) is 88.1 Å². The molecule has 1 saturated heterocycles. The number of nitrogens with zero attached hydrogens (tertiary/aromatic N) is 3. The van der Waals surface area contributed by atoms with E-state index in [0.29, 0.717) is 29.2 Å². The van der Waals surface area contributed by atoms with Gasteiger partial charge in [0.25, 0.3) is 11.8 Å². The number of para-hydroxylation sites is 1. The Balaban J connectivity index is 1.44. The van der Waals surface area contributed by atoms with E-state index in [-0.39, 0.29) is 11.8 Å². The first-order valence-electron chi connectivity index (χ1n) is 10.1. The van der Waals surface area contributed by atoms with Gasteiger partial charge in [0.15, 0.2) is 0 Å². The van der Waals surface area contributed by atoms with Crippen LogP contribution in [0.15, 0.2) is 72.1 Å². The Labute approximate surface area is 181 Å². The van der Waals surface area contributed by atoms with Gasteiger partial charge in [0, 0.05) is 39.8 Å². The van der Waals surface area contributed by atoms with Crippen LogP contribution in [-0.4, -0.2) is 54.8 Å². The van der Waals surface area contributed by atoms with Crippen LogP contribution >= 0.6 is 11.3 Å².